The summed E-state index contributed by atoms with van der Waals surface area (Å²) in [5.41, 5.74) is 0. The van der Waals surface area contributed by atoms with E-state index in [1.54, 1.807) is 18.2 Å². The van der Waals surface area contributed by atoms with Crippen LogP contribution in [0, 0.1) is 5.21 Å². The number of carbonyl (C=O) groups excluding carboxylic acids is 1. The van der Waals surface area contributed by atoms with Crippen molar-refractivity contribution in [3.8, 4) is 0 Å². The monoisotopic (exact) mass is 226 g/mol. The van der Waals surface area contributed by atoms with Crippen LogP contribution in [0.1, 0.15) is 13.8 Å². The summed E-state index contributed by atoms with van der Waals surface area (Å²) < 4.78 is 0.757. The minimum absolute atomic E-state index is 0.0566. The second kappa shape index (κ2) is 5.60. The molecule has 0 bridgehead atoms. The summed E-state index contributed by atoms with van der Waals surface area (Å²) >= 11 is 1.24. The predicted molar refractivity (Wildman–Crippen MR) is 59.4 cm³/mol. The van der Waals surface area contributed by atoms with Gasteiger partial charge >= 0.3 is 0 Å². The summed E-state index contributed by atoms with van der Waals surface area (Å²) in [5.74, 6) is 0.212. The van der Waals surface area contributed by atoms with Gasteiger partial charge in [0.25, 0.3) is 5.03 Å². The van der Waals surface area contributed by atoms with Crippen LogP contribution in [0.15, 0.2) is 29.4 Å². The lowest BCUT2D eigenvalue weighted by atomic mass is 10.4. The molecular weight excluding hydrogens is 212 g/mol. The van der Waals surface area contributed by atoms with E-state index >= 15 is 0 Å². The second-order valence-corrected chi connectivity index (χ2v) is 4.37. The Morgan fingerprint density at radius 1 is 1.60 bits per heavy atom. The first-order chi connectivity index (χ1) is 7.09. The highest BCUT2D eigenvalue weighted by Crippen LogP contribution is 2.11. The van der Waals surface area contributed by atoms with Crippen LogP contribution in [0.2, 0.25) is 0 Å². The van der Waals surface area contributed by atoms with Crippen molar-refractivity contribution in [1.29, 1.82) is 0 Å². The van der Waals surface area contributed by atoms with E-state index in [-0.39, 0.29) is 17.7 Å². The van der Waals surface area contributed by atoms with E-state index in [2.05, 4.69) is 5.32 Å². The van der Waals surface area contributed by atoms with Gasteiger partial charge in [-0.1, -0.05) is 0 Å². The number of thioether (sulfide) groups is 1. The third kappa shape index (κ3) is 4.20. The van der Waals surface area contributed by atoms with E-state index in [0.29, 0.717) is 5.03 Å². The quantitative estimate of drug-likeness (QED) is 0.472. The predicted octanol–water partition coefficient (Wildman–Crippen LogP) is 0.937. The summed E-state index contributed by atoms with van der Waals surface area (Å²) in [6, 6.07) is 5.26. The van der Waals surface area contributed by atoms with E-state index in [9.17, 15) is 10.0 Å². The van der Waals surface area contributed by atoms with Gasteiger partial charge in [-0.25, -0.2) is 0 Å². The molecular formula is C10H14N2O2S. The molecule has 0 radical (unpaired) electrons. The minimum Gasteiger partial charge on any atom is -0.618 e. The van der Waals surface area contributed by atoms with Crippen molar-refractivity contribution in [1.82, 2.24) is 5.32 Å². The normalized spacial score (nSPS) is 10.3. The summed E-state index contributed by atoms with van der Waals surface area (Å²) in [6.45, 7) is 3.80. The first-order valence-electron chi connectivity index (χ1n) is 4.70. The summed E-state index contributed by atoms with van der Waals surface area (Å²) in [4.78, 5) is 11.3. The molecule has 1 rings (SSSR count). The Morgan fingerprint density at radius 3 is 2.93 bits per heavy atom. The Kier molecular flexibility index (Phi) is 4.42. The maximum absolute atomic E-state index is 11.3. The van der Waals surface area contributed by atoms with Crippen molar-refractivity contribution in [2.75, 3.05) is 5.75 Å². The highest BCUT2D eigenvalue weighted by molar-refractivity contribution is 7.99. The van der Waals surface area contributed by atoms with E-state index in [1.807, 2.05) is 13.8 Å². The van der Waals surface area contributed by atoms with Gasteiger partial charge in [-0.2, -0.15) is 4.73 Å². The molecule has 4 nitrogen and oxygen atoms in total. The number of pyridine rings is 1. The van der Waals surface area contributed by atoms with Crippen molar-refractivity contribution in [2.45, 2.75) is 24.9 Å². The summed E-state index contributed by atoms with van der Waals surface area (Å²) in [5, 5.41) is 14.5. The zero-order valence-corrected chi connectivity index (χ0v) is 9.58. The fourth-order valence-corrected chi connectivity index (χ4v) is 1.75. The average molecular weight is 226 g/mol. The molecule has 0 unspecified atom stereocenters. The number of nitrogens with one attached hydrogen (secondary N) is 1. The van der Waals surface area contributed by atoms with Gasteiger partial charge in [0.2, 0.25) is 5.91 Å². The van der Waals surface area contributed by atoms with Gasteiger partial charge in [0.1, 0.15) is 0 Å². The zero-order chi connectivity index (χ0) is 11.3. The molecule has 0 atom stereocenters. The molecule has 82 valence electrons. The van der Waals surface area contributed by atoms with Crippen LogP contribution in [0.4, 0.5) is 0 Å². The molecule has 1 amide bonds. The van der Waals surface area contributed by atoms with Crippen molar-refractivity contribution in [2.24, 2.45) is 0 Å². The number of carbonyl (C=O) groups is 1. The smallest absolute Gasteiger partial charge is 0.251 e. The van der Waals surface area contributed by atoms with Gasteiger partial charge in [-0.3, -0.25) is 4.79 Å². The van der Waals surface area contributed by atoms with Crippen molar-refractivity contribution >= 4 is 17.7 Å². The lowest BCUT2D eigenvalue weighted by molar-refractivity contribution is -0.645. The zero-order valence-electron chi connectivity index (χ0n) is 8.77. The van der Waals surface area contributed by atoms with Gasteiger partial charge in [0.15, 0.2) is 6.20 Å². The Balaban J connectivity index is 2.44. The number of aromatic nitrogens is 1. The number of hydrogen-bond donors (Lipinski definition) is 1. The molecule has 1 aromatic heterocycles. The van der Waals surface area contributed by atoms with E-state index in [1.165, 1.54) is 18.0 Å². The third-order valence-corrected chi connectivity index (χ3v) is 2.61. The molecule has 15 heavy (non-hydrogen) atoms. The largest absolute Gasteiger partial charge is 0.618 e. The van der Waals surface area contributed by atoms with E-state index in [0.717, 1.165) is 4.73 Å². The van der Waals surface area contributed by atoms with Crippen LogP contribution < -0.4 is 10.0 Å². The van der Waals surface area contributed by atoms with Gasteiger partial charge in [-0.15, -0.1) is 0 Å². The number of amides is 1. The molecule has 0 spiro atoms. The Morgan fingerprint density at radius 2 is 2.33 bits per heavy atom. The summed E-state index contributed by atoms with van der Waals surface area (Å²) in [7, 11) is 0. The Labute approximate surface area is 93.3 Å². The van der Waals surface area contributed by atoms with Crippen LogP contribution in [-0.2, 0) is 4.79 Å². The van der Waals surface area contributed by atoms with Gasteiger partial charge in [0, 0.05) is 18.2 Å². The molecule has 0 aliphatic rings. The topological polar surface area (TPSA) is 56.0 Å². The van der Waals surface area contributed by atoms with E-state index in [4.69, 9.17) is 0 Å². The van der Waals surface area contributed by atoms with Crippen LogP contribution in [0.3, 0.4) is 0 Å². The minimum atomic E-state index is -0.0566. The second-order valence-electron chi connectivity index (χ2n) is 3.38. The number of nitrogens with zero attached hydrogens (tertiary/aromatic N) is 1. The number of rotatable bonds is 4. The first kappa shape index (κ1) is 11.8. The molecule has 0 aromatic carbocycles. The lowest BCUT2D eigenvalue weighted by Crippen LogP contribution is -2.33. The number of hydrogen-bond acceptors (Lipinski definition) is 3. The van der Waals surface area contributed by atoms with Crippen LogP contribution in [0.25, 0.3) is 0 Å². The maximum Gasteiger partial charge on any atom is 0.251 e. The fourth-order valence-electron chi connectivity index (χ4n) is 1.03. The molecule has 0 fully saturated rings. The third-order valence-electron chi connectivity index (χ3n) is 1.59. The van der Waals surface area contributed by atoms with Gasteiger partial charge in [0.05, 0.1) is 5.75 Å². The van der Waals surface area contributed by atoms with Crippen molar-refractivity contribution < 1.29 is 9.52 Å². The molecule has 5 heteroatoms. The Bertz CT molecular complexity index is 342. The summed E-state index contributed by atoms with van der Waals surface area (Å²) in [6.07, 6.45) is 1.42. The molecule has 1 N–H and O–H groups in total. The molecule has 1 heterocycles. The average Bonchev–Trinajstić information content (AvgIpc) is 2.15. The fraction of sp³-hybridized carbons (Fsp3) is 0.400. The molecule has 0 aliphatic heterocycles. The molecule has 0 aliphatic carbocycles. The molecule has 0 saturated carbocycles. The van der Waals surface area contributed by atoms with Crippen LogP contribution in [-0.4, -0.2) is 17.7 Å². The van der Waals surface area contributed by atoms with Gasteiger partial charge in [-0.05, 0) is 31.7 Å². The van der Waals surface area contributed by atoms with E-state index < -0.39 is 0 Å². The molecule has 1 aromatic rings. The standard InChI is InChI=1S/C10H14N2O2S/c1-8(2)11-9(13)7-15-10-5-3-4-6-12(10)14/h3-6,8H,7H2,1-2H3,(H,11,13). The highest BCUT2D eigenvalue weighted by Gasteiger charge is 2.08. The van der Waals surface area contributed by atoms with Gasteiger partial charge < -0.3 is 10.5 Å². The van der Waals surface area contributed by atoms with Crippen molar-refractivity contribution in [3.05, 3.63) is 29.6 Å². The van der Waals surface area contributed by atoms with Crippen LogP contribution >= 0.6 is 11.8 Å². The lowest BCUT2D eigenvalue weighted by Gasteiger charge is -2.07. The molecule has 0 saturated heterocycles. The maximum atomic E-state index is 11.3. The van der Waals surface area contributed by atoms with Crippen molar-refractivity contribution in [3.63, 3.8) is 0 Å². The highest BCUT2D eigenvalue weighted by atomic mass is 32.2. The first-order valence-corrected chi connectivity index (χ1v) is 5.68. The Hall–Kier alpha value is -1.23. The SMILES string of the molecule is CC(C)NC(=O)CSc1cccc[n+]1[O-]. The van der Waals surface area contributed by atoms with Crippen LogP contribution in [0.5, 0.6) is 0 Å².